The maximum atomic E-state index is 9.14. The third-order valence-corrected chi connectivity index (χ3v) is 3.77. The number of rotatable bonds is 5. The molecule has 1 aromatic heterocycles. The summed E-state index contributed by atoms with van der Waals surface area (Å²) in [6.45, 7) is 6.53. The van der Waals surface area contributed by atoms with Gasteiger partial charge in [-0.15, -0.1) is 0 Å². The maximum absolute atomic E-state index is 9.14. The minimum Gasteiger partial charge on any atom is -0.396 e. The number of aliphatic hydroxyl groups excluding tert-OH is 1. The van der Waals surface area contributed by atoms with Crippen molar-refractivity contribution in [2.75, 3.05) is 19.7 Å². The lowest BCUT2D eigenvalue weighted by Gasteiger charge is -2.33. The lowest BCUT2D eigenvalue weighted by molar-refractivity contribution is 0.0929. The Kier molecular flexibility index (Phi) is 4.72. The Balaban J connectivity index is 1.92. The number of hydrogen-bond donors (Lipinski definition) is 1. The molecule has 1 N–H and O–H groups in total. The van der Waals surface area contributed by atoms with Crippen LogP contribution in [0.15, 0.2) is 4.52 Å². The number of piperidine rings is 1. The predicted molar refractivity (Wildman–Crippen MR) is 68.1 cm³/mol. The maximum Gasteiger partial charge on any atom is 0.243 e. The Hall–Kier alpha value is -0.940. The van der Waals surface area contributed by atoms with Crippen LogP contribution in [-0.4, -0.2) is 39.8 Å². The first-order valence-electron chi connectivity index (χ1n) is 6.92. The Morgan fingerprint density at radius 2 is 2.17 bits per heavy atom. The second-order valence-corrected chi connectivity index (χ2v) is 5.14. The molecule has 1 unspecified atom stereocenters. The number of nitrogens with zero attached hydrogens (tertiary/aromatic N) is 3. The third kappa shape index (κ3) is 3.09. The normalized spacial score (nSPS) is 20.2. The molecule has 5 nitrogen and oxygen atoms in total. The van der Waals surface area contributed by atoms with Crippen LogP contribution in [0.3, 0.4) is 0 Å². The molecule has 1 saturated heterocycles. The quantitative estimate of drug-likeness (QED) is 0.866. The first kappa shape index (κ1) is 13.5. The summed E-state index contributed by atoms with van der Waals surface area (Å²) in [6, 6.07) is 0.183. The van der Waals surface area contributed by atoms with Crippen LogP contribution in [0.5, 0.6) is 0 Å². The average molecular weight is 253 g/mol. The van der Waals surface area contributed by atoms with Crippen molar-refractivity contribution in [3.63, 3.8) is 0 Å². The first-order chi connectivity index (χ1) is 8.74. The second-order valence-electron chi connectivity index (χ2n) is 5.14. The van der Waals surface area contributed by atoms with Gasteiger partial charge in [-0.1, -0.05) is 12.1 Å². The zero-order chi connectivity index (χ0) is 13.0. The number of aliphatic hydroxyl groups is 1. The van der Waals surface area contributed by atoms with Gasteiger partial charge in [0.2, 0.25) is 5.89 Å². The van der Waals surface area contributed by atoms with Gasteiger partial charge in [-0.3, -0.25) is 4.90 Å². The van der Waals surface area contributed by atoms with Gasteiger partial charge < -0.3 is 9.63 Å². The van der Waals surface area contributed by atoms with Crippen molar-refractivity contribution in [2.45, 2.75) is 45.6 Å². The molecule has 0 bridgehead atoms. The van der Waals surface area contributed by atoms with Crippen molar-refractivity contribution in [3.05, 3.63) is 11.7 Å². The minimum atomic E-state index is 0.183. The molecule has 1 fully saturated rings. The molecule has 0 radical (unpaired) electrons. The molecule has 18 heavy (non-hydrogen) atoms. The van der Waals surface area contributed by atoms with Gasteiger partial charge in [0.05, 0.1) is 6.04 Å². The highest BCUT2D eigenvalue weighted by atomic mass is 16.5. The van der Waals surface area contributed by atoms with Crippen LogP contribution < -0.4 is 0 Å². The summed E-state index contributed by atoms with van der Waals surface area (Å²) in [6.07, 6.45) is 4.02. The van der Waals surface area contributed by atoms with E-state index in [1.165, 1.54) is 0 Å². The fourth-order valence-electron chi connectivity index (χ4n) is 2.44. The summed E-state index contributed by atoms with van der Waals surface area (Å²) >= 11 is 0. The summed E-state index contributed by atoms with van der Waals surface area (Å²) in [5.74, 6) is 2.00. The van der Waals surface area contributed by atoms with Gasteiger partial charge in [0.1, 0.15) is 0 Å². The highest BCUT2D eigenvalue weighted by Crippen LogP contribution is 2.25. The molecule has 102 valence electrons. The molecule has 2 rings (SSSR count). The van der Waals surface area contributed by atoms with Gasteiger partial charge in [0.15, 0.2) is 5.82 Å². The summed E-state index contributed by atoms with van der Waals surface area (Å²) in [5, 5.41) is 13.1. The van der Waals surface area contributed by atoms with Crippen molar-refractivity contribution >= 4 is 0 Å². The van der Waals surface area contributed by atoms with E-state index in [1.807, 2.05) is 0 Å². The third-order valence-electron chi connectivity index (χ3n) is 3.77. The smallest absolute Gasteiger partial charge is 0.243 e. The van der Waals surface area contributed by atoms with Crippen LogP contribution >= 0.6 is 0 Å². The molecule has 1 aromatic rings. The van der Waals surface area contributed by atoms with Gasteiger partial charge in [0, 0.05) is 13.0 Å². The van der Waals surface area contributed by atoms with E-state index < -0.39 is 0 Å². The van der Waals surface area contributed by atoms with Crippen molar-refractivity contribution in [1.82, 2.24) is 15.0 Å². The molecule has 1 aliphatic heterocycles. The Morgan fingerprint density at radius 1 is 1.44 bits per heavy atom. The molecule has 0 saturated carbocycles. The average Bonchev–Trinajstić information content (AvgIpc) is 2.87. The number of hydrogen-bond acceptors (Lipinski definition) is 5. The predicted octanol–water partition coefficient (Wildman–Crippen LogP) is 1.79. The Morgan fingerprint density at radius 3 is 2.78 bits per heavy atom. The highest BCUT2D eigenvalue weighted by molar-refractivity contribution is 4.93. The molecule has 0 amide bonds. The number of likely N-dealkylation sites (tertiary alicyclic amines) is 1. The van der Waals surface area contributed by atoms with E-state index in [0.717, 1.165) is 50.5 Å². The SMILES string of the molecule is CCCc1noc(C(C)N2CCC(CO)CC2)n1. The van der Waals surface area contributed by atoms with E-state index in [1.54, 1.807) is 0 Å². The van der Waals surface area contributed by atoms with Crippen molar-refractivity contribution in [3.8, 4) is 0 Å². The minimum absolute atomic E-state index is 0.183. The summed E-state index contributed by atoms with van der Waals surface area (Å²) < 4.78 is 5.33. The van der Waals surface area contributed by atoms with Crippen molar-refractivity contribution in [2.24, 2.45) is 5.92 Å². The molecular formula is C13H23N3O2. The Bertz CT molecular complexity index is 359. The van der Waals surface area contributed by atoms with Crippen molar-refractivity contribution in [1.29, 1.82) is 0 Å². The van der Waals surface area contributed by atoms with E-state index >= 15 is 0 Å². The van der Waals surface area contributed by atoms with Crippen molar-refractivity contribution < 1.29 is 9.63 Å². The largest absolute Gasteiger partial charge is 0.396 e. The molecule has 1 atom stereocenters. The summed E-state index contributed by atoms with van der Waals surface area (Å²) in [7, 11) is 0. The van der Waals surface area contributed by atoms with Gasteiger partial charge in [0.25, 0.3) is 0 Å². The van der Waals surface area contributed by atoms with E-state index in [9.17, 15) is 0 Å². The van der Waals surface area contributed by atoms with Gasteiger partial charge in [-0.2, -0.15) is 4.98 Å². The lowest BCUT2D eigenvalue weighted by atomic mass is 9.97. The van der Waals surface area contributed by atoms with Gasteiger partial charge in [-0.05, 0) is 45.2 Å². The molecule has 5 heteroatoms. The van der Waals surface area contributed by atoms with Gasteiger partial charge in [-0.25, -0.2) is 0 Å². The zero-order valence-corrected chi connectivity index (χ0v) is 11.3. The molecule has 1 aliphatic rings. The van der Waals surface area contributed by atoms with E-state index in [4.69, 9.17) is 9.63 Å². The highest BCUT2D eigenvalue weighted by Gasteiger charge is 2.26. The molecule has 2 heterocycles. The van der Waals surface area contributed by atoms with E-state index in [2.05, 4.69) is 28.9 Å². The standard InChI is InChI=1S/C13H23N3O2/c1-3-4-12-14-13(18-15-12)10(2)16-7-5-11(9-17)6-8-16/h10-11,17H,3-9H2,1-2H3. The topological polar surface area (TPSA) is 62.4 Å². The van der Waals surface area contributed by atoms with Crippen LogP contribution in [-0.2, 0) is 6.42 Å². The van der Waals surface area contributed by atoms with E-state index in [0.29, 0.717) is 12.5 Å². The van der Waals surface area contributed by atoms with E-state index in [-0.39, 0.29) is 6.04 Å². The summed E-state index contributed by atoms with van der Waals surface area (Å²) in [4.78, 5) is 6.80. The fraction of sp³-hybridized carbons (Fsp3) is 0.846. The van der Waals surface area contributed by atoms with Crippen LogP contribution in [0.2, 0.25) is 0 Å². The van der Waals surface area contributed by atoms with Crippen LogP contribution in [0.1, 0.15) is 50.9 Å². The fourth-order valence-corrected chi connectivity index (χ4v) is 2.44. The molecular weight excluding hydrogens is 230 g/mol. The summed E-state index contributed by atoms with van der Waals surface area (Å²) in [5.41, 5.74) is 0. The lowest BCUT2D eigenvalue weighted by Crippen LogP contribution is -2.36. The first-order valence-corrected chi connectivity index (χ1v) is 6.92. The number of aromatic nitrogens is 2. The number of aryl methyl sites for hydroxylation is 1. The molecule has 0 aliphatic carbocycles. The second kappa shape index (κ2) is 6.29. The molecule has 0 spiro atoms. The van der Waals surface area contributed by atoms with Crippen LogP contribution in [0, 0.1) is 5.92 Å². The molecule has 0 aromatic carbocycles. The van der Waals surface area contributed by atoms with Crippen LogP contribution in [0.25, 0.3) is 0 Å². The van der Waals surface area contributed by atoms with Gasteiger partial charge >= 0.3 is 0 Å². The monoisotopic (exact) mass is 253 g/mol. The Labute approximate surface area is 108 Å². The van der Waals surface area contributed by atoms with Crippen LogP contribution in [0.4, 0.5) is 0 Å². The zero-order valence-electron chi connectivity index (χ0n) is 11.3.